The van der Waals surface area contributed by atoms with E-state index in [2.05, 4.69) is 18.0 Å². The van der Waals surface area contributed by atoms with Crippen LogP contribution in [0.1, 0.15) is 54.7 Å². The van der Waals surface area contributed by atoms with E-state index in [0.29, 0.717) is 5.65 Å². The number of hydrogen-bond acceptors (Lipinski definition) is 4. The fourth-order valence-corrected chi connectivity index (χ4v) is 5.14. The van der Waals surface area contributed by atoms with Crippen molar-refractivity contribution in [3.05, 3.63) is 99.7 Å². The summed E-state index contributed by atoms with van der Waals surface area (Å²) in [6, 6.07) is 18.8. The van der Waals surface area contributed by atoms with Gasteiger partial charge in [0.2, 0.25) is 0 Å². The van der Waals surface area contributed by atoms with E-state index in [1.54, 1.807) is 16.1 Å². The van der Waals surface area contributed by atoms with Crippen LogP contribution in [-0.4, -0.2) is 31.7 Å². The normalized spacial score (nSPS) is 13.2. The van der Waals surface area contributed by atoms with Crippen LogP contribution in [0.2, 0.25) is 0 Å². The van der Waals surface area contributed by atoms with Crippen molar-refractivity contribution >= 4 is 28.0 Å². The van der Waals surface area contributed by atoms with Crippen molar-refractivity contribution < 1.29 is 9.53 Å². The summed E-state index contributed by atoms with van der Waals surface area (Å²) < 4.78 is 8.73. The first-order valence-corrected chi connectivity index (χ1v) is 12.3. The number of rotatable bonds is 7. The van der Waals surface area contributed by atoms with E-state index in [9.17, 15) is 9.59 Å². The number of carbonyl (C=O) groups excluding carboxylic acids is 1. The number of H-pyrrole nitrogens is 1. The van der Waals surface area contributed by atoms with E-state index in [1.807, 2.05) is 74.6 Å². The molecule has 2 aromatic carbocycles. The number of pyridine rings is 1. The summed E-state index contributed by atoms with van der Waals surface area (Å²) in [5, 5.41) is 1.11. The van der Waals surface area contributed by atoms with Gasteiger partial charge in [0, 0.05) is 28.4 Å². The molecule has 0 spiro atoms. The van der Waals surface area contributed by atoms with E-state index >= 15 is 0 Å². The maximum Gasteiger partial charge on any atom is 0.331 e. The smallest absolute Gasteiger partial charge is 0.331 e. The summed E-state index contributed by atoms with van der Waals surface area (Å²) in [5.74, 6) is -0.355. The van der Waals surface area contributed by atoms with Gasteiger partial charge in [0.05, 0.1) is 30.6 Å². The monoisotopic (exact) mass is 482 g/mol. The number of aromatic amines is 1. The molecule has 0 saturated carbocycles. The number of nitrogens with zero attached hydrogens (tertiary/aromatic N) is 3. The van der Waals surface area contributed by atoms with Crippen LogP contribution in [0.5, 0.6) is 0 Å². The predicted molar refractivity (Wildman–Crippen MR) is 141 cm³/mol. The third-order valence-electron chi connectivity index (χ3n) is 6.84. The number of benzene rings is 2. The number of imidazole rings is 1. The number of hydrogen-bond donors (Lipinski definition) is 1. The average Bonchev–Trinajstić information content (AvgIpc) is 3.42. The zero-order valence-corrected chi connectivity index (χ0v) is 21.0. The molecule has 36 heavy (non-hydrogen) atoms. The van der Waals surface area contributed by atoms with Crippen LogP contribution in [0.25, 0.3) is 22.1 Å². The minimum atomic E-state index is -0.548. The second-order valence-corrected chi connectivity index (χ2v) is 9.17. The van der Waals surface area contributed by atoms with Crippen LogP contribution < -0.4 is 5.69 Å². The van der Waals surface area contributed by atoms with Gasteiger partial charge in [0.15, 0.2) is 5.65 Å². The molecule has 3 aromatic heterocycles. The number of aryl methyl sites for hydroxylation is 2. The Kier molecular flexibility index (Phi) is 6.22. The van der Waals surface area contributed by atoms with E-state index in [4.69, 9.17) is 9.72 Å². The van der Waals surface area contributed by atoms with Gasteiger partial charge in [-0.05, 0) is 57.0 Å². The largest absolute Gasteiger partial charge is 0.466 e. The van der Waals surface area contributed by atoms with Crippen molar-refractivity contribution in [3.8, 4) is 0 Å². The predicted octanol–water partition coefficient (Wildman–Crippen LogP) is 5.45. The molecule has 7 nitrogen and oxygen atoms in total. The van der Waals surface area contributed by atoms with Gasteiger partial charge in [-0.15, -0.1) is 0 Å². The second kappa shape index (κ2) is 9.49. The molecule has 0 fully saturated rings. The molecule has 0 aliphatic heterocycles. The van der Waals surface area contributed by atoms with Crippen LogP contribution in [0.3, 0.4) is 0 Å². The summed E-state index contributed by atoms with van der Waals surface area (Å²) >= 11 is 0. The Morgan fingerprint density at radius 3 is 2.56 bits per heavy atom. The first-order chi connectivity index (χ1) is 17.4. The Hall–Kier alpha value is -4.13. The van der Waals surface area contributed by atoms with Gasteiger partial charge in [-0.2, -0.15) is 0 Å². The molecule has 2 unspecified atom stereocenters. The fraction of sp³-hybridized carbons (Fsp3) is 0.276. The van der Waals surface area contributed by atoms with Crippen LogP contribution >= 0.6 is 0 Å². The third kappa shape index (κ3) is 4.00. The molecule has 0 radical (unpaired) electrons. The highest BCUT2D eigenvalue weighted by Crippen LogP contribution is 2.32. The first-order valence-electron chi connectivity index (χ1n) is 12.3. The van der Waals surface area contributed by atoms with Crippen molar-refractivity contribution in [2.45, 2.75) is 46.2 Å². The number of aromatic nitrogens is 4. The van der Waals surface area contributed by atoms with Gasteiger partial charge < -0.3 is 9.72 Å². The number of ether oxygens (including phenoxy) is 1. The highest BCUT2D eigenvalue weighted by Gasteiger charge is 2.28. The van der Waals surface area contributed by atoms with Crippen molar-refractivity contribution in [2.75, 3.05) is 6.61 Å². The standard InChI is InChI=1S/C29H30N4O3/c1-5-36-26(34)16-25(21-11-7-6-8-12-21)33-28-24(15-14-19(3)31-28)32(29(33)35)20(4)22-17-30-23-13-9-10-18(2)27(22)23/h6-15,17,20,25,30H,5,16H2,1-4H3. The molecule has 5 aromatic rings. The number of fused-ring (bicyclic) bond motifs is 2. The molecule has 0 saturated heterocycles. The third-order valence-corrected chi connectivity index (χ3v) is 6.84. The SMILES string of the molecule is CCOC(=O)CC(c1ccccc1)n1c(=O)n(C(C)c2c[nH]c3cccc(C)c23)c2ccc(C)nc21. The molecule has 2 atom stereocenters. The van der Waals surface area contributed by atoms with Gasteiger partial charge in [0.25, 0.3) is 0 Å². The number of nitrogens with one attached hydrogen (secondary N) is 1. The van der Waals surface area contributed by atoms with Crippen molar-refractivity contribution in [2.24, 2.45) is 0 Å². The summed E-state index contributed by atoms with van der Waals surface area (Å²) in [4.78, 5) is 35.0. The van der Waals surface area contributed by atoms with Crippen molar-refractivity contribution in [1.82, 2.24) is 19.1 Å². The van der Waals surface area contributed by atoms with Gasteiger partial charge in [-0.3, -0.25) is 13.9 Å². The van der Waals surface area contributed by atoms with Crippen molar-refractivity contribution in [1.29, 1.82) is 0 Å². The molecular formula is C29H30N4O3. The van der Waals surface area contributed by atoms with Crippen LogP contribution in [-0.2, 0) is 9.53 Å². The summed E-state index contributed by atoms with van der Waals surface area (Å²) in [5.41, 5.74) is 5.94. The highest BCUT2D eigenvalue weighted by atomic mass is 16.5. The van der Waals surface area contributed by atoms with Gasteiger partial charge in [-0.1, -0.05) is 42.5 Å². The molecule has 0 aliphatic rings. The molecule has 184 valence electrons. The number of esters is 1. The molecule has 7 heteroatoms. The lowest BCUT2D eigenvalue weighted by atomic mass is 10.0. The molecule has 0 aliphatic carbocycles. The highest BCUT2D eigenvalue weighted by molar-refractivity contribution is 5.87. The summed E-state index contributed by atoms with van der Waals surface area (Å²) in [7, 11) is 0. The first kappa shape index (κ1) is 23.6. The summed E-state index contributed by atoms with van der Waals surface area (Å²) in [6.45, 7) is 8.08. The molecule has 0 amide bonds. The quantitative estimate of drug-likeness (QED) is 0.313. The molecule has 5 rings (SSSR count). The Labute approximate surface area is 209 Å². The van der Waals surface area contributed by atoms with E-state index in [-0.39, 0.29) is 30.7 Å². The van der Waals surface area contributed by atoms with Gasteiger partial charge >= 0.3 is 11.7 Å². The number of carbonyl (C=O) groups is 1. The fourth-order valence-electron chi connectivity index (χ4n) is 5.14. The van der Waals surface area contributed by atoms with Gasteiger partial charge in [0.1, 0.15) is 0 Å². The van der Waals surface area contributed by atoms with Crippen LogP contribution in [0.4, 0.5) is 0 Å². The lowest BCUT2D eigenvalue weighted by Crippen LogP contribution is -2.31. The Balaban J connectivity index is 1.75. The lowest BCUT2D eigenvalue weighted by molar-refractivity contribution is -0.143. The molecule has 0 bridgehead atoms. The minimum absolute atomic E-state index is 0.0348. The Bertz CT molecular complexity index is 1610. The van der Waals surface area contributed by atoms with Crippen LogP contribution in [0.15, 0.2) is 71.7 Å². The molecule has 3 heterocycles. The average molecular weight is 483 g/mol. The van der Waals surface area contributed by atoms with E-state index < -0.39 is 6.04 Å². The van der Waals surface area contributed by atoms with E-state index in [1.165, 1.54) is 0 Å². The minimum Gasteiger partial charge on any atom is -0.466 e. The van der Waals surface area contributed by atoms with Crippen LogP contribution in [0, 0.1) is 13.8 Å². The van der Waals surface area contributed by atoms with E-state index in [0.717, 1.165) is 38.8 Å². The zero-order chi connectivity index (χ0) is 25.4. The zero-order valence-electron chi connectivity index (χ0n) is 21.0. The second-order valence-electron chi connectivity index (χ2n) is 9.17. The maximum atomic E-state index is 14.2. The molecular weight excluding hydrogens is 452 g/mol. The van der Waals surface area contributed by atoms with Gasteiger partial charge in [-0.25, -0.2) is 9.78 Å². The van der Waals surface area contributed by atoms with Crippen molar-refractivity contribution in [3.63, 3.8) is 0 Å². The summed E-state index contributed by atoms with van der Waals surface area (Å²) in [6.07, 6.45) is 2.01. The lowest BCUT2D eigenvalue weighted by Gasteiger charge is -2.18. The molecule has 1 N–H and O–H groups in total. The topological polar surface area (TPSA) is 81.9 Å². The Morgan fingerprint density at radius 2 is 1.81 bits per heavy atom. The maximum absolute atomic E-state index is 14.2. The Morgan fingerprint density at radius 1 is 1.03 bits per heavy atom.